The summed E-state index contributed by atoms with van der Waals surface area (Å²) in [4.78, 5) is 22.6. The first-order valence-corrected chi connectivity index (χ1v) is 10.7. The summed E-state index contributed by atoms with van der Waals surface area (Å²) in [6.07, 6.45) is 0. The van der Waals surface area contributed by atoms with Gasteiger partial charge in [-0.3, -0.25) is 9.69 Å². The topological polar surface area (TPSA) is 85.9 Å². The Kier molecular flexibility index (Phi) is 6.62. The minimum absolute atomic E-state index is 0.259. The molecule has 3 heterocycles. The molecule has 0 aliphatic carbocycles. The van der Waals surface area contributed by atoms with Crippen molar-refractivity contribution < 1.29 is 18.9 Å². The van der Waals surface area contributed by atoms with E-state index in [4.69, 9.17) is 18.9 Å². The normalized spacial score (nSPS) is 14.5. The van der Waals surface area contributed by atoms with Gasteiger partial charge < -0.3 is 23.9 Å². The number of benzene rings is 1. The molecule has 170 valence electrons. The molecular weight excluding hydrogens is 410 g/mol. The summed E-state index contributed by atoms with van der Waals surface area (Å²) >= 11 is 0. The van der Waals surface area contributed by atoms with Crippen molar-refractivity contribution in [2.75, 3.05) is 53.7 Å². The molecule has 3 aromatic rings. The quantitative estimate of drug-likeness (QED) is 0.606. The molecule has 0 spiro atoms. The van der Waals surface area contributed by atoms with Crippen LogP contribution in [0.5, 0.6) is 17.4 Å². The van der Waals surface area contributed by atoms with Gasteiger partial charge in [0.2, 0.25) is 5.88 Å². The largest absolute Gasteiger partial charge is 0.496 e. The maximum Gasteiger partial charge on any atom is 0.261 e. The fourth-order valence-electron chi connectivity index (χ4n) is 4.06. The molecule has 1 N–H and O–H groups in total. The Morgan fingerprint density at radius 3 is 2.44 bits per heavy atom. The maximum absolute atomic E-state index is 12.8. The van der Waals surface area contributed by atoms with Crippen LogP contribution in [0.3, 0.4) is 0 Å². The van der Waals surface area contributed by atoms with Crippen LogP contribution in [-0.4, -0.2) is 68.5 Å². The lowest BCUT2D eigenvalue weighted by Gasteiger charge is -2.26. The Morgan fingerprint density at radius 1 is 1.06 bits per heavy atom. The van der Waals surface area contributed by atoms with Crippen LogP contribution in [0.25, 0.3) is 22.2 Å². The van der Waals surface area contributed by atoms with Crippen molar-refractivity contribution in [2.24, 2.45) is 0 Å². The van der Waals surface area contributed by atoms with E-state index in [1.54, 1.807) is 6.07 Å². The number of fused-ring (bicyclic) bond motifs is 1. The molecule has 0 unspecified atom stereocenters. The van der Waals surface area contributed by atoms with E-state index in [1.807, 2.05) is 32.0 Å². The smallest absolute Gasteiger partial charge is 0.261 e. The SMILES string of the molecule is COc1cc(OC)c2c(=O)[nH]c(-c3cc(C)c(OCCN4CCOCC4)c(C)c3)cc2n1. The minimum atomic E-state index is -0.259. The van der Waals surface area contributed by atoms with Crippen molar-refractivity contribution in [1.82, 2.24) is 14.9 Å². The van der Waals surface area contributed by atoms with Gasteiger partial charge in [0.25, 0.3) is 5.56 Å². The third kappa shape index (κ3) is 4.56. The van der Waals surface area contributed by atoms with Crippen molar-refractivity contribution in [2.45, 2.75) is 13.8 Å². The Hall–Kier alpha value is -3.10. The highest BCUT2D eigenvalue weighted by molar-refractivity contribution is 5.87. The molecule has 8 nitrogen and oxygen atoms in total. The number of morpholine rings is 1. The number of aromatic nitrogens is 2. The van der Waals surface area contributed by atoms with E-state index in [0.29, 0.717) is 34.8 Å². The highest BCUT2D eigenvalue weighted by Crippen LogP contribution is 2.32. The highest BCUT2D eigenvalue weighted by atomic mass is 16.5. The van der Waals surface area contributed by atoms with E-state index >= 15 is 0 Å². The fourth-order valence-corrected chi connectivity index (χ4v) is 4.06. The summed E-state index contributed by atoms with van der Waals surface area (Å²) in [6, 6.07) is 7.49. The van der Waals surface area contributed by atoms with Gasteiger partial charge in [0.05, 0.1) is 38.6 Å². The lowest BCUT2D eigenvalue weighted by Crippen LogP contribution is -2.38. The fraction of sp³-hybridized carbons (Fsp3) is 0.417. The molecule has 0 bridgehead atoms. The predicted molar refractivity (Wildman–Crippen MR) is 123 cm³/mol. The lowest BCUT2D eigenvalue weighted by atomic mass is 10.0. The number of aromatic amines is 1. The van der Waals surface area contributed by atoms with Gasteiger partial charge in [-0.1, -0.05) is 0 Å². The van der Waals surface area contributed by atoms with E-state index in [9.17, 15) is 4.79 Å². The standard InChI is InChI=1S/C24H29N3O5/c1-15-11-17(12-16(2)23(15)32-10-7-27-5-8-31-9-6-27)18-13-19-22(24(28)26-18)20(29-3)14-21(25-19)30-4/h11-14H,5-10H2,1-4H3,(H,26,28). The summed E-state index contributed by atoms with van der Waals surface area (Å²) in [6.45, 7) is 8.98. The molecule has 0 saturated carbocycles. The first kappa shape index (κ1) is 22.1. The van der Waals surface area contributed by atoms with Gasteiger partial charge >= 0.3 is 0 Å². The third-order valence-corrected chi connectivity index (χ3v) is 5.70. The van der Waals surface area contributed by atoms with Crippen LogP contribution in [0.2, 0.25) is 0 Å². The minimum Gasteiger partial charge on any atom is -0.496 e. The second-order valence-electron chi connectivity index (χ2n) is 7.88. The van der Waals surface area contributed by atoms with Gasteiger partial charge in [-0.05, 0) is 48.7 Å². The maximum atomic E-state index is 12.8. The number of nitrogens with one attached hydrogen (secondary N) is 1. The molecule has 1 aromatic carbocycles. The van der Waals surface area contributed by atoms with Crippen molar-refractivity contribution in [3.8, 4) is 28.6 Å². The third-order valence-electron chi connectivity index (χ3n) is 5.70. The average Bonchev–Trinajstić information content (AvgIpc) is 2.80. The van der Waals surface area contributed by atoms with Gasteiger partial charge in [-0.25, -0.2) is 4.98 Å². The first-order valence-electron chi connectivity index (χ1n) is 10.7. The molecule has 1 saturated heterocycles. The molecule has 0 atom stereocenters. The summed E-state index contributed by atoms with van der Waals surface area (Å²) in [5.41, 5.74) is 3.85. The molecule has 32 heavy (non-hydrogen) atoms. The van der Waals surface area contributed by atoms with E-state index < -0.39 is 0 Å². The molecule has 1 fully saturated rings. The van der Waals surface area contributed by atoms with Crippen LogP contribution in [0, 0.1) is 13.8 Å². The molecule has 1 aliphatic heterocycles. The first-order chi connectivity index (χ1) is 15.5. The van der Waals surface area contributed by atoms with Gasteiger partial charge in [0, 0.05) is 25.7 Å². The zero-order valence-corrected chi connectivity index (χ0v) is 19.0. The lowest BCUT2D eigenvalue weighted by molar-refractivity contribution is 0.0322. The Morgan fingerprint density at radius 2 is 1.78 bits per heavy atom. The molecule has 0 amide bonds. The monoisotopic (exact) mass is 439 g/mol. The zero-order chi connectivity index (χ0) is 22.7. The second kappa shape index (κ2) is 9.58. The number of nitrogens with zero attached hydrogens (tertiary/aromatic N) is 2. The Bertz CT molecular complexity index is 1150. The van der Waals surface area contributed by atoms with E-state index in [-0.39, 0.29) is 5.56 Å². The number of ether oxygens (including phenoxy) is 4. The van der Waals surface area contributed by atoms with E-state index in [0.717, 1.165) is 55.3 Å². The van der Waals surface area contributed by atoms with Crippen LogP contribution in [0.4, 0.5) is 0 Å². The highest BCUT2D eigenvalue weighted by Gasteiger charge is 2.15. The van der Waals surface area contributed by atoms with E-state index in [1.165, 1.54) is 14.2 Å². The van der Waals surface area contributed by atoms with Gasteiger partial charge in [0.15, 0.2) is 0 Å². The van der Waals surface area contributed by atoms with Crippen molar-refractivity contribution in [1.29, 1.82) is 0 Å². The number of methoxy groups -OCH3 is 2. The van der Waals surface area contributed by atoms with E-state index in [2.05, 4.69) is 14.9 Å². The van der Waals surface area contributed by atoms with Crippen molar-refractivity contribution in [3.05, 3.63) is 45.7 Å². The second-order valence-corrected chi connectivity index (χ2v) is 7.88. The Balaban J connectivity index is 1.61. The molecule has 0 radical (unpaired) electrons. The van der Waals surface area contributed by atoms with Gasteiger partial charge in [0.1, 0.15) is 23.5 Å². The van der Waals surface area contributed by atoms with Crippen molar-refractivity contribution >= 4 is 10.9 Å². The number of hydrogen-bond acceptors (Lipinski definition) is 7. The van der Waals surface area contributed by atoms with Crippen LogP contribution >= 0.6 is 0 Å². The average molecular weight is 440 g/mol. The van der Waals surface area contributed by atoms with Gasteiger partial charge in [-0.15, -0.1) is 0 Å². The van der Waals surface area contributed by atoms with Crippen LogP contribution in [0.15, 0.2) is 29.1 Å². The molecule has 4 rings (SSSR count). The van der Waals surface area contributed by atoms with Crippen LogP contribution in [0.1, 0.15) is 11.1 Å². The van der Waals surface area contributed by atoms with Crippen LogP contribution in [-0.2, 0) is 4.74 Å². The number of hydrogen-bond donors (Lipinski definition) is 1. The predicted octanol–water partition coefficient (Wildman–Crippen LogP) is 2.94. The van der Waals surface area contributed by atoms with Gasteiger partial charge in [-0.2, -0.15) is 0 Å². The number of H-pyrrole nitrogens is 1. The number of pyridine rings is 2. The molecule has 8 heteroatoms. The summed E-state index contributed by atoms with van der Waals surface area (Å²) < 4.78 is 22.1. The molecule has 2 aromatic heterocycles. The summed E-state index contributed by atoms with van der Waals surface area (Å²) in [7, 11) is 3.05. The van der Waals surface area contributed by atoms with Crippen LogP contribution < -0.4 is 19.8 Å². The number of aryl methyl sites for hydroxylation is 2. The number of rotatable bonds is 7. The van der Waals surface area contributed by atoms with Crippen molar-refractivity contribution in [3.63, 3.8) is 0 Å². The summed E-state index contributed by atoms with van der Waals surface area (Å²) in [5.74, 6) is 1.70. The molecular formula is C24H29N3O5. The molecule has 1 aliphatic rings. The summed E-state index contributed by atoms with van der Waals surface area (Å²) in [5, 5.41) is 0.397. The zero-order valence-electron chi connectivity index (χ0n) is 19.0. The Labute approximate surface area is 187 Å².